The minimum atomic E-state index is -1.19. The van der Waals surface area contributed by atoms with Gasteiger partial charge in [-0.3, -0.25) is 9.00 Å². The molecule has 0 aliphatic heterocycles. The second-order valence-corrected chi connectivity index (χ2v) is 6.24. The molecule has 122 valence electrons. The molecule has 0 unspecified atom stereocenters. The van der Waals surface area contributed by atoms with Crippen molar-refractivity contribution >= 4 is 16.7 Å². The van der Waals surface area contributed by atoms with Crippen molar-refractivity contribution in [1.29, 1.82) is 0 Å². The summed E-state index contributed by atoms with van der Waals surface area (Å²) in [4.78, 5) is 12.9. The molecule has 1 amide bonds. The lowest BCUT2D eigenvalue weighted by Gasteiger charge is -2.11. The van der Waals surface area contributed by atoms with Gasteiger partial charge in [0.25, 0.3) is 5.91 Å². The maximum Gasteiger partial charge on any atom is 0.255 e. The molecule has 1 N–H and O–H groups in total. The molecular formula is C17H18FNO3S. The summed E-state index contributed by atoms with van der Waals surface area (Å²) >= 11 is 0. The van der Waals surface area contributed by atoms with Crippen LogP contribution in [0.4, 0.5) is 4.39 Å². The molecule has 0 aromatic heterocycles. The fourth-order valence-corrected chi connectivity index (χ4v) is 3.01. The van der Waals surface area contributed by atoms with Gasteiger partial charge in [-0.25, -0.2) is 4.39 Å². The monoisotopic (exact) mass is 335 g/mol. The second-order valence-electron chi connectivity index (χ2n) is 4.67. The Bertz CT molecular complexity index is 691. The normalized spacial score (nSPS) is 11.7. The fourth-order valence-electron chi connectivity index (χ4n) is 2.02. The molecule has 2 aromatic carbocycles. The van der Waals surface area contributed by atoms with Crippen LogP contribution in [0.3, 0.4) is 0 Å². The van der Waals surface area contributed by atoms with Crippen LogP contribution in [0.1, 0.15) is 17.3 Å². The van der Waals surface area contributed by atoms with Crippen molar-refractivity contribution in [3.63, 3.8) is 0 Å². The number of halogens is 1. The molecule has 1 atom stereocenters. The average molecular weight is 335 g/mol. The van der Waals surface area contributed by atoms with E-state index in [1.165, 1.54) is 18.2 Å². The van der Waals surface area contributed by atoms with E-state index < -0.39 is 22.5 Å². The summed E-state index contributed by atoms with van der Waals surface area (Å²) in [7, 11) is -1.19. The molecule has 0 aliphatic carbocycles. The summed E-state index contributed by atoms with van der Waals surface area (Å²) in [6.07, 6.45) is 0. The second kappa shape index (κ2) is 8.43. The highest BCUT2D eigenvalue weighted by molar-refractivity contribution is 7.85. The van der Waals surface area contributed by atoms with Gasteiger partial charge in [0.1, 0.15) is 0 Å². The van der Waals surface area contributed by atoms with Crippen LogP contribution in [-0.4, -0.2) is 29.0 Å². The van der Waals surface area contributed by atoms with Crippen LogP contribution in [0.25, 0.3) is 0 Å². The zero-order valence-corrected chi connectivity index (χ0v) is 13.6. The van der Waals surface area contributed by atoms with Gasteiger partial charge in [0, 0.05) is 17.2 Å². The summed E-state index contributed by atoms with van der Waals surface area (Å²) in [5, 5.41) is 2.65. The molecule has 0 aliphatic rings. The molecule has 2 aromatic rings. The van der Waals surface area contributed by atoms with Crippen molar-refractivity contribution in [1.82, 2.24) is 5.32 Å². The molecule has 6 heteroatoms. The van der Waals surface area contributed by atoms with E-state index >= 15 is 0 Å². The Balaban J connectivity index is 1.95. The molecular weight excluding hydrogens is 317 g/mol. The number of ether oxygens (including phenoxy) is 1. The number of para-hydroxylation sites is 1. The van der Waals surface area contributed by atoms with E-state index in [4.69, 9.17) is 4.74 Å². The molecule has 0 saturated carbocycles. The van der Waals surface area contributed by atoms with Gasteiger partial charge in [0.05, 0.1) is 23.0 Å². The standard InChI is InChI=1S/C17H18FNO3S/c1-2-22-16-14(9-6-10-15(16)18)17(20)19-11-12-23(21)13-7-4-3-5-8-13/h3-10H,2,11-12H2,1H3,(H,19,20)/t23-/m0/s1. The van der Waals surface area contributed by atoms with Crippen molar-refractivity contribution in [2.75, 3.05) is 18.9 Å². The Morgan fingerprint density at radius 3 is 2.61 bits per heavy atom. The molecule has 0 fully saturated rings. The quantitative estimate of drug-likeness (QED) is 0.846. The first-order chi connectivity index (χ1) is 11.1. The molecule has 23 heavy (non-hydrogen) atoms. The van der Waals surface area contributed by atoms with Gasteiger partial charge in [-0.05, 0) is 31.2 Å². The SMILES string of the molecule is CCOc1c(F)cccc1C(=O)NCC[S@](=O)c1ccccc1. The first-order valence-electron chi connectivity index (χ1n) is 7.26. The van der Waals surface area contributed by atoms with E-state index in [0.29, 0.717) is 4.90 Å². The van der Waals surface area contributed by atoms with Crippen molar-refractivity contribution < 1.29 is 18.1 Å². The van der Waals surface area contributed by atoms with Crippen molar-refractivity contribution in [2.24, 2.45) is 0 Å². The van der Waals surface area contributed by atoms with Crippen LogP contribution in [0, 0.1) is 5.82 Å². The van der Waals surface area contributed by atoms with Crippen LogP contribution >= 0.6 is 0 Å². The van der Waals surface area contributed by atoms with Gasteiger partial charge >= 0.3 is 0 Å². The predicted octanol–water partition coefficient (Wildman–Crippen LogP) is 2.76. The Hall–Kier alpha value is -2.21. The maximum atomic E-state index is 13.7. The summed E-state index contributed by atoms with van der Waals surface area (Å²) in [6.45, 7) is 2.21. The van der Waals surface area contributed by atoms with Gasteiger partial charge in [-0.2, -0.15) is 0 Å². The molecule has 4 nitrogen and oxygen atoms in total. The zero-order chi connectivity index (χ0) is 16.7. The lowest BCUT2D eigenvalue weighted by molar-refractivity contribution is 0.0951. The highest BCUT2D eigenvalue weighted by Gasteiger charge is 2.16. The van der Waals surface area contributed by atoms with Crippen LogP contribution in [-0.2, 0) is 10.8 Å². The zero-order valence-electron chi connectivity index (χ0n) is 12.8. The van der Waals surface area contributed by atoms with E-state index in [2.05, 4.69) is 5.32 Å². The van der Waals surface area contributed by atoms with Crippen LogP contribution in [0.15, 0.2) is 53.4 Å². The van der Waals surface area contributed by atoms with Gasteiger partial charge in [-0.1, -0.05) is 24.3 Å². The number of carbonyl (C=O) groups is 1. The number of carbonyl (C=O) groups excluding carboxylic acids is 1. The van der Waals surface area contributed by atoms with Crippen molar-refractivity contribution in [2.45, 2.75) is 11.8 Å². The van der Waals surface area contributed by atoms with E-state index in [1.807, 2.05) is 18.2 Å². The third-order valence-electron chi connectivity index (χ3n) is 3.08. The number of nitrogens with one attached hydrogen (secondary N) is 1. The van der Waals surface area contributed by atoms with Crippen LogP contribution in [0.2, 0.25) is 0 Å². The lowest BCUT2D eigenvalue weighted by Crippen LogP contribution is -2.28. The average Bonchev–Trinajstić information content (AvgIpc) is 2.57. The van der Waals surface area contributed by atoms with E-state index in [9.17, 15) is 13.4 Å². The smallest absolute Gasteiger partial charge is 0.255 e. The third kappa shape index (κ3) is 4.63. The molecule has 0 heterocycles. The van der Waals surface area contributed by atoms with Gasteiger partial charge in [-0.15, -0.1) is 0 Å². The summed E-state index contributed by atoms with van der Waals surface area (Å²) < 4.78 is 31.0. The lowest BCUT2D eigenvalue weighted by atomic mass is 10.2. The molecule has 0 bridgehead atoms. The first-order valence-corrected chi connectivity index (χ1v) is 8.58. The Labute approximate surface area is 137 Å². The Morgan fingerprint density at radius 1 is 1.17 bits per heavy atom. The van der Waals surface area contributed by atoms with Gasteiger partial charge in [0.2, 0.25) is 0 Å². The number of hydrogen-bond acceptors (Lipinski definition) is 3. The number of hydrogen-bond donors (Lipinski definition) is 1. The Morgan fingerprint density at radius 2 is 1.91 bits per heavy atom. The van der Waals surface area contributed by atoms with Crippen LogP contribution in [0.5, 0.6) is 5.75 Å². The molecule has 0 saturated heterocycles. The minimum Gasteiger partial charge on any atom is -0.490 e. The highest BCUT2D eigenvalue weighted by Crippen LogP contribution is 2.22. The minimum absolute atomic E-state index is 0.0586. The van der Waals surface area contributed by atoms with Crippen LogP contribution < -0.4 is 10.1 Å². The van der Waals surface area contributed by atoms with E-state index in [0.717, 1.165) is 0 Å². The summed E-state index contributed by atoms with van der Waals surface area (Å²) in [5.41, 5.74) is 0.136. The van der Waals surface area contributed by atoms with Gasteiger partial charge in [0.15, 0.2) is 11.6 Å². The van der Waals surface area contributed by atoms with E-state index in [1.54, 1.807) is 19.1 Å². The number of amides is 1. The topological polar surface area (TPSA) is 55.4 Å². The number of benzene rings is 2. The first kappa shape index (κ1) is 17.1. The molecule has 0 spiro atoms. The fraction of sp³-hybridized carbons (Fsp3) is 0.235. The predicted molar refractivity (Wildman–Crippen MR) is 87.6 cm³/mol. The summed E-state index contributed by atoms with van der Waals surface area (Å²) in [5.74, 6) is -0.795. The highest BCUT2D eigenvalue weighted by atomic mass is 32.2. The maximum absolute atomic E-state index is 13.7. The Kier molecular flexibility index (Phi) is 6.29. The van der Waals surface area contributed by atoms with Gasteiger partial charge < -0.3 is 10.1 Å². The largest absolute Gasteiger partial charge is 0.490 e. The van der Waals surface area contributed by atoms with Crippen molar-refractivity contribution in [3.05, 3.63) is 59.9 Å². The molecule has 0 radical (unpaired) electrons. The number of rotatable bonds is 7. The van der Waals surface area contributed by atoms with Crippen molar-refractivity contribution in [3.8, 4) is 5.75 Å². The third-order valence-corrected chi connectivity index (χ3v) is 4.45. The van der Waals surface area contributed by atoms with E-state index in [-0.39, 0.29) is 30.2 Å². The summed E-state index contributed by atoms with van der Waals surface area (Å²) in [6, 6.07) is 13.2. The molecule has 2 rings (SSSR count).